The Hall–Kier alpha value is -4.15. The molecule has 0 saturated heterocycles. The Morgan fingerprint density at radius 3 is 2.88 bits per heavy atom. The third-order valence-corrected chi connectivity index (χ3v) is 5.69. The van der Waals surface area contributed by atoms with Crippen molar-refractivity contribution in [2.75, 3.05) is 26.0 Å². The number of H-pyrrole nitrogens is 1. The highest BCUT2D eigenvalue weighted by molar-refractivity contribution is 6.01. The van der Waals surface area contributed by atoms with Crippen molar-refractivity contribution in [1.29, 1.82) is 0 Å². The van der Waals surface area contributed by atoms with Gasteiger partial charge in [0.15, 0.2) is 0 Å². The quantitative estimate of drug-likeness (QED) is 0.574. The first kappa shape index (κ1) is 19.8. The highest BCUT2D eigenvalue weighted by Gasteiger charge is 2.40. The first-order valence-electron chi connectivity index (χ1n) is 10.3. The Morgan fingerprint density at radius 2 is 2.12 bits per heavy atom. The zero-order valence-electron chi connectivity index (χ0n) is 17.9. The standard InChI is InChI=1S/C21H23N9O2/c1-4-22-21(32)27-20-25-14-8-12(9-15(17(14)26-20)30-7-5-6-24-30)13-10-16(31)29(3)19-18(13)28(2)11-23-19/h5-11,18-19H,4H2,1-3H3,(H3,22,25,26,27,32). The molecule has 0 saturated carbocycles. The number of benzene rings is 1. The Bertz CT molecular complexity index is 1260. The maximum Gasteiger partial charge on any atom is 0.321 e. The van der Waals surface area contributed by atoms with Gasteiger partial charge in [0.2, 0.25) is 11.9 Å². The lowest BCUT2D eigenvalue weighted by molar-refractivity contribution is -0.127. The zero-order chi connectivity index (χ0) is 22.4. The van der Waals surface area contributed by atoms with Gasteiger partial charge in [-0.3, -0.25) is 10.1 Å². The van der Waals surface area contributed by atoms with E-state index in [1.165, 1.54) is 0 Å². The van der Waals surface area contributed by atoms with Gasteiger partial charge in [-0.05, 0) is 36.3 Å². The summed E-state index contributed by atoms with van der Waals surface area (Å²) in [5.41, 5.74) is 3.81. The number of anilines is 1. The minimum absolute atomic E-state index is 0.0994. The van der Waals surface area contributed by atoms with Crippen LogP contribution in [0.3, 0.4) is 0 Å². The predicted molar refractivity (Wildman–Crippen MR) is 120 cm³/mol. The molecule has 2 aromatic heterocycles. The monoisotopic (exact) mass is 433 g/mol. The molecule has 2 aliphatic rings. The largest absolute Gasteiger partial charge is 0.355 e. The smallest absolute Gasteiger partial charge is 0.321 e. The van der Waals surface area contributed by atoms with Crippen LogP contribution in [0.15, 0.2) is 41.7 Å². The lowest BCUT2D eigenvalue weighted by atomic mass is 9.91. The number of nitrogens with one attached hydrogen (secondary N) is 3. The molecule has 164 valence electrons. The van der Waals surface area contributed by atoms with Crippen molar-refractivity contribution in [1.82, 2.24) is 34.9 Å². The van der Waals surface area contributed by atoms with Gasteiger partial charge < -0.3 is 20.1 Å². The maximum atomic E-state index is 12.7. The highest BCUT2D eigenvalue weighted by Crippen LogP contribution is 2.36. The zero-order valence-corrected chi connectivity index (χ0v) is 17.9. The molecule has 3 amide bonds. The molecule has 0 bridgehead atoms. The fraction of sp³-hybridized carbons (Fsp3) is 0.286. The van der Waals surface area contributed by atoms with Gasteiger partial charge in [-0.15, -0.1) is 0 Å². The molecule has 11 heteroatoms. The van der Waals surface area contributed by atoms with E-state index in [0.717, 1.165) is 16.8 Å². The minimum atomic E-state index is -0.344. The fourth-order valence-corrected chi connectivity index (χ4v) is 4.16. The van der Waals surface area contributed by atoms with Gasteiger partial charge in [-0.1, -0.05) is 0 Å². The lowest BCUT2D eigenvalue weighted by Crippen LogP contribution is -2.49. The molecule has 5 rings (SSSR count). The maximum absolute atomic E-state index is 12.7. The van der Waals surface area contributed by atoms with Gasteiger partial charge in [0.25, 0.3) is 0 Å². The van der Waals surface area contributed by atoms with Gasteiger partial charge in [0.05, 0.1) is 23.6 Å². The minimum Gasteiger partial charge on any atom is -0.355 e. The van der Waals surface area contributed by atoms with Gasteiger partial charge >= 0.3 is 6.03 Å². The van der Waals surface area contributed by atoms with E-state index < -0.39 is 0 Å². The molecule has 0 fully saturated rings. The summed E-state index contributed by atoms with van der Waals surface area (Å²) in [6.45, 7) is 2.34. The molecular weight excluding hydrogens is 410 g/mol. The Morgan fingerprint density at radius 1 is 1.28 bits per heavy atom. The molecule has 11 nitrogen and oxygen atoms in total. The number of aromatic amines is 1. The number of carbonyl (C=O) groups is 2. The van der Waals surface area contributed by atoms with Crippen molar-refractivity contribution < 1.29 is 9.59 Å². The van der Waals surface area contributed by atoms with Crippen LogP contribution in [0.25, 0.3) is 22.3 Å². The van der Waals surface area contributed by atoms with E-state index in [9.17, 15) is 9.59 Å². The average Bonchev–Trinajstić information content (AvgIpc) is 3.50. The van der Waals surface area contributed by atoms with Crippen LogP contribution in [-0.4, -0.2) is 80.7 Å². The van der Waals surface area contributed by atoms with E-state index in [1.54, 1.807) is 35.2 Å². The first-order valence-corrected chi connectivity index (χ1v) is 10.3. The number of amides is 3. The van der Waals surface area contributed by atoms with Crippen molar-refractivity contribution >= 4 is 40.8 Å². The van der Waals surface area contributed by atoms with Crippen LogP contribution in [0.4, 0.5) is 10.7 Å². The number of rotatable bonds is 4. The van der Waals surface area contributed by atoms with Crippen molar-refractivity contribution in [3.63, 3.8) is 0 Å². The number of hydrogen-bond donors (Lipinski definition) is 3. The SMILES string of the molecule is CCNC(=O)Nc1nc2c(-n3cccn3)cc(C3=CC(=O)N(C)C4N=CN(C)C34)cc2[nH]1. The summed E-state index contributed by atoms with van der Waals surface area (Å²) in [7, 11) is 3.71. The van der Waals surface area contributed by atoms with Crippen molar-refractivity contribution in [3.8, 4) is 5.69 Å². The van der Waals surface area contributed by atoms with Gasteiger partial charge in [-0.2, -0.15) is 5.10 Å². The number of imidazole rings is 1. The molecule has 2 atom stereocenters. The summed E-state index contributed by atoms with van der Waals surface area (Å²) in [5.74, 6) is 0.224. The van der Waals surface area contributed by atoms with Crippen LogP contribution in [0, 0.1) is 0 Å². The summed E-state index contributed by atoms with van der Waals surface area (Å²) in [6.07, 6.45) is 6.64. The second kappa shape index (κ2) is 7.52. The molecule has 3 aromatic rings. The second-order valence-electron chi connectivity index (χ2n) is 7.75. The van der Waals surface area contributed by atoms with E-state index in [1.807, 2.05) is 43.3 Å². The summed E-state index contributed by atoms with van der Waals surface area (Å²) in [4.78, 5) is 40.5. The molecule has 2 unspecified atom stereocenters. The summed E-state index contributed by atoms with van der Waals surface area (Å²) in [5, 5.41) is 9.76. The van der Waals surface area contributed by atoms with Crippen LogP contribution in [-0.2, 0) is 4.79 Å². The van der Waals surface area contributed by atoms with Crippen LogP contribution >= 0.6 is 0 Å². The van der Waals surface area contributed by atoms with Crippen molar-refractivity contribution in [3.05, 3.63) is 42.2 Å². The molecule has 32 heavy (non-hydrogen) atoms. The number of aromatic nitrogens is 4. The molecule has 0 spiro atoms. The molecule has 1 aromatic carbocycles. The molecule has 3 N–H and O–H groups in total. The molecule has 0 radical (unpaired) electrons. The molecule has 0 aliphatic carbocycles. The van der Waals surface area contributed by atoms with Gasteiger partial charge in [0.1, 0.15) is 11.7 Å². The highest BCUT2D eigenvalue weighted by atomic mass is 16.2. The first-order chi connectivity index (χ1) is 15.5. The Balaban J connectivity index is 1.65. The van der Waals surface area contributed by atoms with Crippen LogP contribution in [0.1, 0.15) is 12.5 Å². The van der Waals surface area contributed by atoms with E-state index >= 15 is 0 Å². The number of carbonyl (C=O) groups excluding carboxylic acids is 2. The molecule has 4 heterocycles. The number of nitrogens with zero attached hydrogens (tertiary/aromatic N) is 6. The fourth-order valence-electron chi connectivity index (χ4n) is 4.16. The van der Waals surface area contributed by atoms with E-state index in [-0.39, 0.29) is 24.1 Å². The number of urea groups is 1. The summed E-state index contributed by atoms with van der Waals surface area (Å²) < 4.78 is 1.71. The third kappa shape index (κ3) is 3.18. The Labute approximate surface area is 183 Å². The topological polar surface area (TPSA) is 124 Å². The number of likely N-dealkylation sites (N-methyl/N-ethyl adjacent to an activating group) is 2. The van der Waals surface area contributed by atoms with Crippen molar-refractivity contribution in [2.24, 2.45) is 4.99 Å². The van der Waals surface area contributed by atoms with E-state index in [4.69, 9.17) is 0 Å². The summed E-state index contributed by atoms with van der Waals surface area (Å²) in [6, 6.07) is 5.28. The Kier molecular flexibility index (Phi) is 4.65. The van der Waals surface area contributed by atoms with Crippen LogP contribution in [0.5, 0.6) is 0 Å². The number of hydrogen-bond acceptors (Lipinski definition) is 6. The third-order valence-electron chi connectivity index (χ3n) is 5.69. The normalized spacial score (nSPS) is 20.0. The van der Waals surface area contributed by atoms with E-state index in [0.29, 0.717) is 23.5 Å². The predicted octanol–water partition coefficient (Wildman–Crippen LogP) is 1.41. The number of fused-ring (bicyclic) bond motifs is 2. The molecule has 2 aliphatic heterocycles. The van der Waals surface area contributed by atoms with Crippen LogP contribution in [0.2, 0.25) is 0 Å². The van der Waals surface area contributed by atoms with Gasteiger partial charge in [0, 0.05) is 39.1 Å². The lowest BCUT2D eigenvalue weighted by Gasteiger charge is -2.36. The van der Waals surface area contributed by atoms with Crippen LogP contribution < -0.4 is 10.6 Å². The van der Waals surface area contributed by atoms with Gasteiger partial charge in [-0.25, -0.2) is 19.5 Å². The second-order valence-corrected chi connectivity index (χ2v) is 7.75. The summed E-state index contributed by atoms with van der Waals surface area (Å²) >= 11 is 0. The number of aliphatic imine (C=N–C) groups is 1. The average molecular weight is 433 g/mol. The molecular formula is C21H23N9O2. The van der Waals surface area contributed by atoms with Crippen molar-refractivity contribution in [2.45, 2.75) is 19.1 Å². The van der Waals surface area contributed by atoms with E-state index in [2.05, 4.69) is 30.7 Å².